The molecule has 0 spiro atoms. The first-order chi connectivity index (χ1) is 13.7. The molecule has 0 atom stereocenters. The van der Waals surface area contributed by atoms with Gasteiger partial charge in [0.25, 0.3) is 0 Å². The molecule has 0 aliphatic carbocycles. The number of hydrogen-bond donors (Lipinski definition) is 2. The Bertz CT molecular complexity index is 1220. The zero-order valence-corrected chi connectivity index (χ0v) is 16.9. The molecular formula is C20H22N6O3. The maximum atomic E-state index is 12.1. The van der Waals surface area contributed by atoms with Gasteiger partial charge in [-0.25, -0.2) is 14.8 Å². The minimum absolute atomic E-state index is 0.304. The summed E-state index contributed by atoms with van der Waals surface area (Å²) in [5.41, 5.74) is 2.75. The summed E-state index contributed by atoms with van der Waals surface area (Å²) in [6, 6.07) is 5.73. The van der Waals surface area contributed by atoms with Crippen molar-refractivity contribution < 1.29 is 14.3 Å². The Morgan fingerprint density at radius 3 is 2.79 bits per heavy atom. The van der Waals surface area contributed by atoms with Crippen molar-refractivity contribution in [1.82, 2.24) is 30.0 Å². The van der Waals surface area contributed by atoms with Crippen molar-refractivity contribution in [3.05, 3.63) is 30.6 Å². The van der Waals surface area contributed by atoms with Crippen molar-refractivity contribution in [2.45, 2.75) is 26.3 Å². The average Bonchev–Trinajstić information content (AvgIpc) is 3.20. The second kappa shape index (κ2) is 6.77. The maximum Gasteiger partial charge on any atom is 0.413 e. The third kappa shape index (κ3) is 3.58. The zero-order chi connectivity index (χ0) is 20.8. The summed E-state index contributed by atoms with van der Waals surface area (Å²) in [7, 11) is 3.49. The van der Waals surface area contributed by atoms with Crippen LogP contribution in [0.5, 0.6) is 11.5 Å². The molecule has 150 valence electrons. The highest BCUT2D eigenvalue weighted by Crippen LogP contribution is 2.31. The van der Waals surface area contributed by atoms with Crippen molar-refractivity contribution in [1.29, 1.82) is 0 Å². The number of aromatic amines is 1. The zero-order valence-electron chi connectivity index (χ0n) is 16.9. The molecule has 9 heteroatoms. The summed E-state index contributed by atoms with van der Waals surface area (Å²) in [5, 5.41) is 8.27. The molecule has 0 radical (unpaired) electrons. The van der Waals surface area contributed by atoms with Gasteiger partial charge < -0.3 is 19.8 Å². The van der Waals surface area contributed by atoms with E-state index in [4.69, 9.17) is 9.47 Å². The minimum atomic E-state index is -0.555. The van der Waals surface area contributed by atoms with E-state index in [0.29, 0.717) is 28.3 Å². The number of nitrogens with one attached hydrogen (secondary N) is 2. The van der Waals surface area contributed by atoms with Crippen LogP contribution in [0.1, 0.15) is 20.8 Å². The normalized spacial score (nSPS) is 11.8. The monoisotopic (exact) mass is 394 g/mol. The molecule has 9 nitrogen and oxygen atoms in total. The number of methoxy groups -OCH3 is 1. The Morgan fingerprint density at radius 1 is 1.28 bits per heavy atom. The minimum Gasteiger partial charge on any atom is -0.497 e. The summed E-state index contributed by atoms with van der Waals surface area (Å²) in [4.78, 5) is 24.2. The van der Waals surface area contributed by atoms with Gasteiger partial charge in [-0.05, 0) is 32.9 Å². The van der Waals surface area contributed by atoms with Gasteiger partial charge in [-0.3, -0.25) is 4.68 Å². The Balaban J connectivity index is 1.75. The van der Waals surface area contributed by atoms with Crippen molar-refractivity contribution in [3.8, 4) is 22.9 Å². The molecule has 0 aliphatic rings. The van der Waals surface area contributed by atoms with Crippen molar-refractivity contribution in [2.75, 3.05) is 7.11 Å². The number of ether oxygens (including phenoxy) is 2. The highest BCUT2D eigenvalue weighted by Gasteiger charge is 2.19. The van der Waals surface area contributed by atoms with Crippen LogP contribution < -0.4 is 14.8 Å². The topological polar surface area (TPSA) is 107 Å². The molecule has 0 saturated heterocycles. The Kier molecular flexibility index (Phi) is 4.37. The van der Waals surface area contributed by atoms with E-state index in [0.717, 1.165) is 16.7 Å². The summed E-state index contributed by atoms with van der Waals surface area (Å²) >= 11 is 0. The summed E-state index contributed by atoms with van der Waals surface area (Å²) in [6.45, 7) is 5.63. The van der Waals surface area contributed by atoms with Gasteiger partial charge in [-0.15, -0.1) is 0 Å². The van der Waals surface area contributed by atoms with Crippen LogP contribution in [-0.2, 0) is 7.05 Å². The van der Waals surface area contributed by atoms with Gasteiger partial charge in [0.2, 0.25) is 0 Å². The van der Waals surface area contributed by atoms with E-state index in [1.165, 1.54) is 0 Å². The smallest absolute Gasteiger partial charge is 0.413 e. The van der Waals surface area contributed by atoms with Crippen LogP contribution in [0.25, 0.3) is 33.5 Å². The van der Waals surface area contributed by atoms with E-state index in [-0.39, 0.29) is 0 Å². The number of nitrogens with zero attached hydrogens (tertiary/aromatic N) is 4. The Morgan fingerprint density at radius 2 is 2.07 bits per heavy atom. The molecule has 0 saturated carbocycles. The van der Waals surface area contributed by atoms with Crippen molar-refractivity contribution in [2.24, 2.45) is 7.05 Å². The first-order valence-corrected chi connectivity index (χ1v) is 9.10. The molecule has 1 aromatic carbocycles. The number of H-pyrrole nitrogens is 1. The molecule has 4 rings (SSSR count). The Labute approximate surface area is 167 Å². The van der Waals surface area contributed by atoms with Crippen LogP contribution in [0, 0.1) is 0 Å². The summed E-state index contributed by atoms with van der Waals surface area (Å²) in [6.07, 6.45) is 2.66. The third-order valence-electron chi connectivity index (χ3n) is 4.33. The first-order valence-electron chi connectivity index (χ1n) is 9.10. The van der Waals surface area contributed by atoms with Crippen LogP contribution in [0.2, 0.25) is 0 Å². The SMILES string of the molecule is COc1ccc2c(-c3cnc4[nH]cc(OC(=O)NC(C)(C)C)c4n3)nn(C)c2c1. The van der Waals surface area contributed by atoms with Crippen LogP contribution in [-0.4, -0.2) is 43.5 Å². The summed E-state index contributed by atoms with van der Waals surface area (Å²) < 4.78 is 12.5. The van der Waals surface area contributed by atoms with Crippen LogP contribution in [0.4, 0.5) is 4.79 Å². The highest BCUT2D eigenvalue weighted by atomic mass is 16.6. The van der Waals surface area contributed by atoms with Gasteiger partial charge in [0.15, 0.2) is 16.9 Å². The number of aryl methyl sites for hydroxylation is 1. The quantitative estimate of drug-likeness (QED) is 0.551. The van der Waals surface area contributed by atoms with Gasteiger partial charge in [-0.2, -0.15) is 5.10 Å². The predicted octanol–water partition coefficient (Wildman–Crippen LogP) is 3.41. The lowest BCUT2D eigenvalue weighted by Gasteiger charge is -2.19. The molecule has 0 bridgehead atoms. The van der Waals surface area contributed by atoms with Gasteiger partial charge in [0.05, 0.1) is 18.8 Å². The first kappa shape index (κ1) is 18.7. The number of rotatable bonds is 3. The fourth-order valence-corrected chi connectivity index (χ4v) is 3.05. The lowest BCUT2D eigenvalue weighted by atomic mass is 10.1. The largest absolute Gasteiger partial charge is 0.497 e. The number of carbonyl (C=O) groups is 1. The van der Waals surface area contributed by atoms with Gasteiger partial charge in [0.1, 0.15) is 17.1 Å². The molecule has 29 heavy (non-hydrogen) atoms. The lowest BCUT2D eigenvalue weighted by molar-refractivity contribution is 0.191. The van der Waals surface area contributed by atoms with E-state index >= 15 is 0 Å². The predicted molar refractivity (Wildman–Crippen MR) is 109 cm³/mol. The van der Waals surface area contributed by atoms with Crippen LogP contribution >= 0.6 is 0 Å². The van der Waals surface area contributed by atoms with E-state index in [1.807, 2.05) is 46.0 Å². The lowest BCUT2D eigenvalue weighted by Crippen LogP contribution is -2.42. The second-order valence-electron chi connectivity index (χ2n) is 7.73. The van der Waals surface area contributed by atoms with Crippen LogP contribution in [0.3, 0.4) is 0 Å². The summed E-state index contributed by atoms with van der Waals surface area (Å²) in [5.74, 6) is 1.05. The van der Waals surface area contributed by atoms with Crippen LogP contribution in [0.15, 0.2) is 30.6 Å². The molecule has 4 aromatic rings. The molecule has 0 unspecified atom stereocenters. The molecule has 3 aromatic heterocycles. The number of carbonyl (C=O) groups excluding carboxylic acids is 1. The second-order valence-corrected chi connectivity index (χ2v) is 7.73. The molecule has 2 N–H and O–H groups in total. The number of aromatic nitrogens is 5. The van der Waals surface area contributed by atoms with E-state index < -0.39 is 11.6 Å². The van der Waals surface area contributed by atoms with Gasteiger partial charge in [0, 0.05) is 30.2 Å². The number of hydrogen-bond acceptors (Lipinski definition) is 6. The molecule has 1 amide bonds. The molecular weight excluding hydrogens is 372 g/mol. The Hall–Kier alpha value is -3.62. The molecule has 3 heterocycles. The average molecular weight is 394 g/mol. The maximum absolute atomic E-state index is 12.1. The standard InChI is InChI=1S/C20H22N6O3/c1-20(2,3)24-19(27)29-15-10-22-18-17(15)23-13(9-21-18)16-12-7-6-11(28-5)8-14(12)26(4)25-16/h6-10H,1-5H3,(H,21,22)(H,24,27). The third-order valence-corrected chi connectivity index (χ3v) is 4.33. The number of benzene rings is 1. The van der Waals surface area contributed by atoms with Crippen molar-refractivity contribution >= 4 is 28.2 Å². The number of fused-ring (bicyclic) bond motifs is 2. The van der Waals surface area contributed by atoms with E-state index in [2.05, 4.69) is 25.4 Å². The van der Waals surface area contributed by atoms with E-state index in [1.54, 1.807) is 24.2 Å². The van der Waals surface area contributed by atoms with Gasteiger partial charge in [-0.1, -0.05) is 0 Å². The fourth-order valence-electron chi connectivity index (χ4n) is 3.05. The van der Waals surface area contributed by atoms with E-state index in [9.17, 15) is 4.79 Å². The van der Waals surface area contributed by atoms with Gasteiger partial charge >= 0.3 is 6.09 Å². The fraction of sp³-hybridized carbons (Fsp3) is 0.300. The molecule has 0 fully saturated rings. The number of amides is 1. The van der Waals surface area contributed by atoms with Crippen molar-refractivity contribution in [3.63, 3.8) is 0 Å². The highest BCUT2D eigenvalue weighted by molar-refractivity contribution is 5.94. The molecule has 0 aliphatic heterocycles.